The highest BCUT2D eigenvalue weighted by molar-refractivity contribution is 5.49. The number of methoxy groups -OCH3 is 1. The van der Waals surface area contributed by atoms with E-state index in [1.54, 1.807) is 7.11 Å². The summed E-state index contributed by atoms with van der Waals surface area (Å²) in [6.07, 6.45) is 0.884. The Morgan fingerprint density at radius 1 is 1.21 bits per heavy atom. The van der Waals surface area contributed by atoms with E-state index < -0.39 is 0 Å². The molecule has 0 bridgehead atoms. The van der Waals surface area contributed by atoms with Crippen LogP contribution >= 0.6 is 0 Å². The number of hydrogen-bond donors (Lipinski definition) is 2. The molecular formula is C16H28N2O. The van der Waals surface area contributed by atoms with Crippen molar-refractivity contribution >= 4 is 0 Å². The summed E-state index contributed by atoms with van der Waals surface area (Å²) in [4.78, 5) is 0. The highest BCUT2D eigenvalue weighted by atomic mass is 16.5. The van der Waals surface area contributed by atoms with Gasteiger partial charge in [-0.3, -0.25) is 0 Å². The van der Waals surface area contributed by atoms with Crippen molar-refractivity contribution in [2.45, 2.75) is 47.1 Å². The summed E-state index contributed by atoms with van der Waals surface area (Å²) in [5.41, 5.74) is 17.0. The average molecular weight is 264 g/mol. The van der Waals surface area contributed by atoms with Crippen LogP contribution in [-0.2, 0) is 0 Å². The first-order chi connectivity index (χ1) is 8.73. The average Bonchev–Trinajstić information content (AvgIpc) is 2.33. The van der Waals surface area contributed by atoms with Gasteiger partial charge in [-0.15, -0.1) is 0 Å². The molecule has 1 atom stereocenters. The van der Waals surface area contributed by atoms with Gasteiger partial charge in [0.25, 0.3) is 0 Å². The van der Waals surface area contributed by atoms with Crippen LogP contribution in [0.4, 0.5) is 0 Å². The first-order valence-electron chi connectivity index (χ1n) is 6.84. The fraction of sp³-hybridized carbons (Fsp3) is 0.625. The van der Waals surface area contributed by atoms with E-state index in [2.05, 4.69) is 40.7 Å². The summed E-state index contributed by atoms with van der Waals surface area (Å²) in [5.74, 6) is 0.964. The predicted octanol–water partition coefficient (Wildman–Crippen LogP) is 3.00. The lowest BCUT2D eigenvalue weighted by molar-refractivity contribution is 0.317. The third-order valence-corrected chi connectivity index (χ3v) is 3.99. The number of nitrogens with two attached hydrogens (primary N) is 2. The van der Waals surface area contributed by atoms with Crippen LogP contribution < -0.4 is 16.2 Å². The van der Waals surface area contributed by atoms with E-state index in [4.69, 9.17) is 16.2 Å². The molecule has 0 spiro atoms. The smallest absolute Gasteiger partial charge is 0.124 e. The van der Waals surface area contributed by atoms with Gasteiger partial charge in [0.2, 0.25) is 0 Å². The van der Waals surface area contributed by atoms with Crippen molar-refractivity contribution in [2.75, 3.05) is 13.7 Å². The molecule has 108 valence electrons. The molecule has 1 aromatic carbocycles. The van der Waals surface area contributed by atoms with Gasteiger partial charge in [-0.1, -0.05) is 19.9 Å². The van der Waals surface area contributed by atoms with Crippen LogP contribution in [0.5, 0.6) is 5.75 Å². The minimum Gasteiger partial charge on any atom is -0.496 e. The van der Waals surface area contributed by atoms with Gasteiger partial charge in [0.1, 0.15) is 5.75 Å². The largest absolute Gasteiger partial charge is 0.496 e. The lowest BCUT2D eigenvalue weighted by atomic mass is 9.82. The monoisotopic (exact) mass is 264 g/mol. The third-order valence-electron chi connectivity index (χ3n) is 3.99. The second kappa shape index (κ2) is 5.93. The van der Waals surface area contributed by atoms with Crippen LogP contribution in [0.2, 0.25) is 0 Å². The molecule has 3 nitrogen and oxygen atoms in total. The maximum atomic E-state index is 6.39. The minimum atomic E-state index is 0.0156. The Kier molecular flexibility index (Phi) is 4.99. The van der Waals surface area contributed by atoms with E-state index in [0.717, 1.165) is 17.7 Å². The first-order valence-corrected chi connectivity index (χ1v) is 6.84. The Balaban J connectivity index is 3.15. The molecule has 0 aliphatic rings. The van der Waals surface area contributed by atoms with Crippen molar-refractivity contribution in [3.63, 3.8) is 0 Å². The SMILES string of the molecule is COc1c(C)cc(C(N)CC(C)(C)CN)c(C)c1C. The van der Waals surface area contributed by atoms with Gasteiger partial charge in [-0.25, -0.2) is 0 Å². The summed E-state index contributed by atoms with van der Waals surface area (Å²) >= 11 is 0. The Labute approximate surface area is 117 Å². The van der Waals surface area contributed by atoms with Crippen LogP contribution in [0, 0.1) is 26.2 Å². The quantitative estimate of drug-likeness (QED) is 0.859. The van der Waals surface area contributed by atoms with Crippen LogP contribution in [-0.4, -0.2) is 13.7 Å². The molecule has 0 heterocycles. The molecule has 0 amide bonds. The van der Waals surface area contributed by atoms with Gasteiger partial charge in [0.05, 0.1) is 7.11 Å². The lowest BCUT2D eigenvalue weighted by Gasteiger charge is -2.28. The maximum absolute atomic E-state index is 6.39. The van der Waals surface area contributed by atoms with Crippen LogP contribution in [0.25, 0.3) is 0 Å². The van der Waals surface area contributed by atoms with E-state index in [0.29, 0.717) is 6.54 Å². The van der Waals surface area contributed by atoms with Gasteiger partial charge in [-0.05, 0) is 61.4 Å². The highest BCUT2D eigenvalue weighted by Crippen LogP contribution is 2.34. The summed E-state index contributed by atoms with van der Waals surface area (Å²) in [6.45, 7) is 11.2. The molecule has 0 radical (unpaired) electrons. The first kappa shape index (κ1) is 16.0. The molecule has 0 saturated carbocycles. The number of rotatable bonds is 5. The number of ether oxygens (including phenoxy) is 1. The highest BCUT2D eigenvalue weighted by Gasteiger charge is 2.23. The van der Waals surface area contributed by atoms with E-state index in [1.807, 2.05) is 0 Å². The fourth-order valence-corrected chi connectivity index (χ4v) is 2.58. The summed E-state index contributed by atoms with van der Waals surface area (Å²) in [7, 11) is 1.71. The molecular weight excluding hydrogens is 236 g/mol. The molecule has 0 fully saturated rings. The standard InChI is InChI=1S/C16H28N2O/c1-10-7-13(11(2)12(3)15(10)19-6)14(18)8-16(4,5)9-17/h7,14H,8-9,17-18H2,1-6H3. The van der Waals surface area contributed by atoms with E-state index in [9.17, 15) is 0 Å². The van der Waals surface area contributed by atoms with Gasteiger partial charge >= 0.3 is 0 Å². The third kappa shape index (κ3) is 3.48. The summed E-state index contributed by atoms with van der Waals surface area (Å²) in [5, 5.41) is 0. The maximum Gasteiger partial charge on any atom is 0.124 e. The molecule has 1 aromatic rings. The van der Waals surface area contributed by atoms with Gasteiger partial charge in [0.15, 0.2) is 0 Å². The Hall–Kier alpha value is -1.06. The number of benzene rings is 1. The molecule has 19 heavy (non-hydrogen) atoms. The van der Waals surface area contributed by atoms with Gasteiger partial charge < -0.3 is 16.2 Å². The summed E-state index contributed by atoms with van der Waals surface area (Å²) < 4.78 is 5.45. The number of hydrogen-bond acceptors (Lipinski definition) is 3. The van der Waals surface area contributed by atoms with Crippen molar-refractivity contribution in [3.8, 4) is 5.75 Å². The van der Waals surface area contributed by atoms with E-state index >= 15 is 0 Å². The zero-order valence-corrected chi connectivity index (χ0v) is 13.1. The van der Waals surface area contributed by atoms with E-state index in [-0.39, 0.29) is 11.5 Å². The normalized spacial score (nSPS) is 13.5. The summed E-state index contributed by atoms with van der Waals surface area (Å²) in [6, 6.07) is 2.17. The number of aryl methyl sites for hydroxylation is 1. The van der Waals surface area contributed by atoms with Crippen LogP contribution in [0.1, 0.15) is 48.6 Å². The lowest BCUT2D eigenvalue weighted by Crippen LogP contribution is -2.29. The molecule has 0 aliphatic heterocycles. The van der Waals surface area contributed by atoms with Crippen LogP contribution in [0.15, 0.2) is 6.07 Å². The molecule has 0 saturated heterocycles. The van der Waals surface area contributed by atoms with Crippen molar-refractivity contribution in [2.24, 2.45) is 16.9 Å². The minimum absolute atomic E-state index is 0.0156. The van der Waals surface area contributed by atoms with Crippen molar-refractivity contribution < 1.29 is 4.74 Å². The van der Waals surface area contributed by atoms with Gasteiger partial charge in [0, 0.05) is 6.04 Å². The second-order valence-electron chi connectivity index (χ2n) is 6.24. The second-order valence-corrected chi connectivity index (χ2v) is 6.24. The Bertz CT molecular complexity index is 453. The van der Waals surface area contributed by atoms with E-state index in [1.165, 1.54) is 16.7 Å². The van der Waals surface area contributed by atoms with Crippen molar-refractivity contribution in [1.82, 2.24) is 0 Å². The zero-order chi connectivity index (χ0) is 14.8. The topological polar surface area (TPSA) is 61.3 Å². The van der Waals surface area contributed by atoms with Crippen molar-refractivity contribution in [1.29, 1.82) is 0 Å². The molecule has 0 aromatic heterocycles. The molecule has 1 rings (SSSR count). The molecule has 0 aliphatic carbocycles. The molecule has 1 unspecified atom stereocenters. The Morgan fingerprint density at radius 3 is 2.26 bits per heavy atom. The van der Waals surface area contributed by atoms with Crippen molar-refractivity contribution in [3.05, 3.63) is 28.3 Å². The van der Waals surface area contributed by atoms with Crippen LogP contribution in [0.3, 0.4) is 0 Å². The molecule has 3 heteroatoms. The Morgan fingerprint density at radius 2 is 1.79 bits per heavy atom. The van der Waals surface area contributed by atoms with Gasteiger partial charge in [-0.2, -0.15) is 0 Å². The molecule has 4 N–H and O–H groups in total. The zero-order valence-electron chi connectivity index (χ0n) is 13.1. The predicted molar refractivity (Wildman–Crippen MR) is 81.6 cm³/mol. The fourth-order valence-electron chi connectivity index (χ4n) is 2.58.